The number of esters is 1. The zero-order chi connectivity index (χ0) is 16.8. The number of methoxy groups -OCH3 is 1. The first-order valence-electron chi connectivity index (χ1n) is 6.92. The fourth-order valence-corrected chi connectivity index (χ4v) is 2.07. The molecule has 2 aromatic carbocycles. The van der Waals surface area contributed by atoms with E-state index in [1.54, 1.807) is 30.3 Å². The van der Waals surface area contributed by atoms with Crippen molar-refractivity contribution in [3.63, 3.8) is 0 Å². The zero-order valence-electron chi connectivity index (χ0n) is 12.8. The highest BCUT2D eigenvalue weighted by Crippen LogP contribution is 2.29. The van der Waals surface area contributed by atoms with Crippen LogP contribution in [0.1, 0.15) is 33.2 Å². The molecule has 0 bridgehead atoms. The highest BCUT2D eigenvalue weighted by atomic mass is 16.6. The second kappa shape index (κ2) is 7.26. The second-order valence-corrected chi connectivity index (χ2v) is 4.65. The van der Waals surface area contributed by atoms with E-state index in [1.807, 2.05) is 19.1 Å². The van der Waals surface area contributed by atoms with E-state index in [0.717, 1.165) is 5.56 Å². The van der Waals surface area contributed by atoms with Crippen molar-refractivity contribution in [1.82, 2.24) is 0 Å². The first-order chi connectivity index (χ1) is 11.1. The van der Waals surface area contributed by atoms with Crippen LogP contribution in [-0.4, -0.2) is 24.2 Å². The van der Waals surface area contributed by atoms with Crippen molar-refractivity contribution in [2.45, 2.75) is 6.92 Å². The molecule has 1 N–H and O–H groups in total. The topological polar surface area (TPSA) is 72.8 Å². The van der Waals surface area contributed by atoms with E-state index in [1.165, 1.54) is 19.2 Å². The van der Waals surface area contributed by atoms with Crippen molar-refractivity contribution in [1.29, 1.82) is 0 Å². The molecule has 0 atom stereocenters. The van der Waals surface area contributed by atoms with Crippen LogP contribution in [0.15, 0.2) is 48.5 Å². The summed E-state index contributed by atoms with van der Waals surface area (Å²) in [6.07, 6.45) is 3.76. The SMILES string of the molecule is CC=Cc1ccc(OC(=O)c2ccccc2C(=O)O)c(OC)c1. The molecule has 5 nitrogen and oxygen atoms in total. The molecule has 5 heteroatoms. The summed E-state index contributed by atoms with van der Waals surface area (Å²) >= 11 is 0. The van der Waals surface area contributed by atoms with Crippen molar-refractivity contribution < 1.29 is 24.2 Å². The van der Waals surface area contributed by atoms with Gasteiger partial charge >= 0.3 is 11.9 Å². The third-order valence-electron chi connectivity index (χ3n) is 3.13. The van der Waals surface area contributed by atoms with Gasteiger partial charge in [-0.05, 0) is 36.8 Å². The molecule has 0 spiro atoms. The Kier molecular flexibility index (Phi) is 5.15. The Bertz CT molecular complexity index is 762. The summed E-state index contributed by atoms with van der Waals surface area (Å²) in [5.74, 6) is -1.32. The van der Waals surface area contributed by atoms with Crippen LogP contribution < -0.4 is 9.47 Å². The van der Waals surface area contributed by atoms with Crippen LogP contribution in [-0.2, 0) is 0 Å². The smallest absolute Gasteiger partial charge is 0.344 e. The van der Waals surface area contributed by atoms with Crippen LogP contribution in [0.3, 0.4) is 0 Å². The summed E-state index contributed by atoms with van der Waals surface area (Å²) in [5, 5.41) is 9.14. The maximum atomic E-state index is 12.3. The molecule has 0 saturated carbocycles. The standard InChI is InChI=1S/C18H16O5/c1-3-6-12-9-10-15(16(11-12)22-2)23-18(21)14-8-5-4-7-13(14)17(19)20/h3-11H,1-2H3,(H,19,20). The molecule has 118 valence electrons. The van der Waals surface area contributed by atoms with Gasteiger partial charge < -0.3 is 14.6 Å². The summed E-state index contributed by atoms with van der Waals surface area (Å²) in [4.78, 5) is 23.4. The van der Waals surface area contributed by atoms with Crippen molar-refractivity contribution in [2.24, 2.45) is 0 Å². The monoisotopic (exact) mass is 312 g/mol. The lowest BCUT2D eigenvalue weighted by molar-refractivity contribution is 0.0666. The number of carboxylic acids is 1. The Labute approximate surface area is 133 Å². The van der Waals surface area contributed by atoms with Gasteiger partial charge in [-0.3, -0.25) is 0 Å². The van der Waals surface area contributed by atoms with Gasteiger partial charge in [0, 0.05) is 0 Å². The minimum Gasteiger partial charge on any atom is -0.493 e. The van der Waals surface area contributed by atoms with E-state index in [2.05, 4.69) is 0 Å². The number of hydrogen-bond donors (Lipinski definition) is 1. The molecule has 0 heterocycles. The van der Waals surface area contributed by atoms with E-state index >= 15 is 0 Å². The van der Waals surface area contributed by atoms with Crippen molar-refractivity contribution in [2.75, 3.05) is 7.11 Å². The number of carboxylic acid groups (broad SMARTS) is 1. The summed E-state index contributed by atoms with van der Waals surface area (Å²) < 4.78 is 10.5. The van der Waals surface area contributed by atoms with Crippen molar-refractivity contribution in [3.8, 4) is 11.5 Å². The predicted molar refractivity (Wildman–Crippen MR) is 86.1 cm³/mol. The van der Waals surface area contributed by atoms with E-state index < -0.39 is 11.9 Å². The third-order valence-corrected chi connectivity index (χ3v) is 3.13. The highest BCUT2D eigenvalue weighted by Gasteiger charge is 2.19. The lowest BCUT2D eigenvalue weighted by Crippen LogP contribution is -2.14. The van der Waals surface area contributed by atoms with Gasteiger partial charge in [-0.15, -0.1) is 0 Å². The Hall–Kier alpha value is -3.08. The molecule has 0 aliphatic carbocycles. The van der Waals surface area contributed by atoms with Gasteiger partial charge in [0.2, 0.25) is 0 Å². The average molecular weight is 312 g/mol. The molecule has 0 aromatic heterocycles. The largest absolute Gasteiger partial charge is 0.493 e. The molecule has 0 aliphatic rings. The summed E-state index contributed by atoms with van der Waals surface area (Å²) in [6.45, 7) is 1.89. The van der Waals surface area contributed by atoms with E-state index in [0.29, 0.717) is 5.75 Å². The molecule has 0 unspecified atom stereocenters. The normalized spacial score (nSPS) is 10.5. The zero-order valence-corrected chi connectivity index (χ0v) is 12.8. The molecule has 0 radical (unpaired) electrons. The number of hydrogen-bond acceptors (Lipinski definition) is 4. The Balaban J connectivity index is 2.32. The fraction of sp³-hybridized carbons (Fsp3) is 0.111. The maximum Gasteiger partial charge on any atom is 0.344 e. The van der Waals surface area contributed by atoms with Crippen molar-refractivity contribution >= 4 is 18.0 Å². The predicted octanol–water partition coefficient (Wildman–Crippen LogP) is 3.65. The van der Waals surface area contributed by atoms with Gasteiger partial charge in [-0.25, -0.2) is 9.59 Å². The van der Waals surface area contributed by atoms with Crippen LogP contribution in [0.25, 0.3) is 6.08 Å². The molecular weight excluding hydrogens is 296 g/mol. The van der Waals surface area contributed by atoms with Crippen LogP contribution in [0.4, 0.5) is 0 Å². The minimum absolute atomic E-state index is 0.0143. The summed E-state index contributed by atoms with van der Waals surface area (Å²) in [7, 11) is 1.47. The summed E-state index contributed by atoms with van der Waals surface area (Å²) in [6, 6.07) is 11.0. The number of carbonyl (C=O) groups excluding carboxylic acids is 1. The molecule has 0 aliphatic heterocycles. The van der Waals surface area contributed by atoms with Gasteiger partial charge in [-0.2, -0.15) is 0 Å². The van der Waals surface area contributed by atoms with Gasteiger partial charge in [0.25, 0.3) is 0 Å². The number of aromatic carboxylic acids is 1. The second-order valence-electron chi connectivity index (χ2n) is 4.65. The van der Waals surface area contributed by atoms with Gasteiger partial charge in [0.1, 0.15) is 0 Å². The van der Waals surface area contributed by atoms with Gasteiger partial charge in [0.15, 0.2) is 11.5 Å². The fourth-order valence-electron chi connectivity index (χ4n) is 2.07. The van der Waals surface area contributed by atoms with Crippen LogP contribution in [0, 0.1) is 0 Å². The Morgan fingerprint density at radius 3 is 2.35 bits per heavy atom. The molecular formula is C18H16O5. The molecule has 23 heavy (non-hydrogen) atoms. The number of carbonyl (C=O) groups is 2. The molecule has 0 saturated heterocycles. The quantitative estimate of drug-likeness (QED) is 0.674. The van der Waals surface area contributed by atoms with Gasteiger partial charge in [-0.1, -0.05) is 30.4 Å². The first-order valence-corrected chi connectivity index (χ1v) is 6.92. The number of benzene rings is 2. The van der Waals surface area contributed by atoms with Crippen LogP contribution >= 0.6 is 0 Å². The van der Waals surface area contributed by atoms with Gasteiger partial charge in [0.05, 0.1) is 18.2 Å². The lowest BCUT2D eigenvalue weighted by atomic mass is 10.1. The molecule has 0 amide bonds. The van der Waals surface area contributed by atoms with E-state index in [4.69, 9.17) is 14.6 Å². The Morgan fingerprint density at radius 2 is 1.74 bits per heavy atom. The first kappa shape index (κ1) is 16.3. The molecule has 2 aromatic rings. The average Bonchev–Trinajstić information content (AvgIpc) is 2.56. The van der Waals surface area contributed by atoms with E-state index in [9.17, 15) is 9.59 Å². The molecule has 2 rings (SSSR count). The Morgan fingerprint density at radius 1 is 1.04 bits per heavy atom. The minimum atomic E-state index is -1.19. The van der Waals surface area contributed by atoms with Crippen molar-refractivity contribution in [3.05, 3.63) is 65.2 Å². The third kappa shape index (κ3) is 3.77. The number of allylic oxidation sites excluding steroid dienone is 1. The highest BCUT2D eigenvalue weighted by molar-refractivity contribution is 6.03. The summed E-state index contributed by atoms with van der Waals surface area (Å²) in [5.41, 5.74) is 0.775. The van der Waals surface area contributed by atoms with E-state index in [-0.39, 0.29) is 16.9 Å². The van der Waals surface area contributed by atoms with Crippen LogP contribution in [0.5, 0.6) is 11.5 Å². The molecule has 0 fully saturated rings. The van der Waals surface area contributed by atoms with Crippen LogP contribution in [0.2, 0.25) is 0 Å². The maximum absolute atomic E-state index is 12.3. The number of rotatable bonds is 5. The lowest BCUT2D eigenvalue weighted by Gasteiger charge is -2.11. The number of ether oxygens (including phenoxy) is 2.